The molecule has 1 aromatic heterocycles. The molecule has 0 saturated heterocycles. The molecule has 0 bridgehead atoms. The van der Waals surface area contributed by atoms with Crippen LogP contribution in [0.25, 0.3) is 16.9 Å². The van der Waals surface area contributed by atoms with Gasteiger partial charge in [0.25, 0.3) is 5.91 Å². The van der Waals surface area contributed by atoms with Gasteiger partial charge in [-0.3, -0.25) is 4.79 Å². The van der Waals surface area contributed by atoms with Gasteiger partial charge in [-0.05, 0) is 36.2 Å². The Kier molecular flexibility index (Phi) is 5.80. The average molecular weight is 454 g/mol. The molecule has 0 spiro atoms. The third kappa shape index (κ3) is 3.61. The molecule has 1 amide bonds. The summed E-state index contributed by atoms with van der Waals surface area (Å²) in [5.74, 6) is 0.406. The lowest BCUT2D eigenvalue weighted by molar-refractivity contribution is 0.0738. The molecule has 1 unspecified atom stereocenters. The van der Waals surface area contributed by atoms with E-state index in [1.807, 2.05) is 77.7 Å². The number of aromatic nitrogens is 2. The van der Waals surface area contributed by atoms with E-state index in [1.54, 1.807) is 10.7 Å². The van der Waals surface area contributed by atoms with Crippen LogP contribution in [0.3, 0.4) is 0 Å². The van der Waals surface area contributed by atoms with Gasteiger partial charge in [0.15, 0.2) is 11.5 Å². The topological polar surface area (TPSA) is 67.6 Å². The van der Waals surface area contributed by atoms with Crippen molar-refractivity contribution in [2.45, 2.75) is 25.8 Å². The summed E-state index contributed by atoms with van der Waals surface area (Å²) in [6, 6.07) is 24.7. The van der Waals surface area contributed by atoms with Crippen molar-refractivity contribution >= 4 is 5.91 Å². The van der Waals surface area contributed by atoms with Crippen molar-refractivity contribution in [3.63, 3.8) is 0 Å². The van der Waals surface area contributed by atoms with Crippen molar-refractivity contribution in [2.75, 3.05) is 13.7 Å². The zero-order valence-electron chi connectivity index (χ0n) is 19.3. The normalized spacial score (nSPS) is 14.9. The van der Waals surface area contributed by atoms with Gasteiger partial charge in [-0.1, -0.05) is 67.9 Å². The quantitative estimate of drug-likeness (QED) is 0.396. The fourth-order valence-electron chi connectivity index (χ4n) is 4.64. The number of amides is 1. The summed E-state index contributed by atoms with van der Waals surface area (Å²) < 4.78 is 7.17. The number of nitrogens with zero attached hydrogens (tertiary/aromatic N) is 3. The maximum absolute atomic E-state index is 13.9. The third-order valence-electron chi connectivity index (χ3n) is 6.29. The van der Waals surface area contributed by atoms with Crippen molar-refractivity contribution in [3.8, 4) is 28.4 Å². The van der Waals surface area contributed by atoms with Gasteiger partial charge in [-0.25, -0.2) is 4.68 Å². The summed E-state index contributed by atoms with van der Waals surface area (Å²) in [7, 11) is 1.53. The highest BCUT2D eigenvalue weighted by Crippen LogP contribution is 2.46. The molecule has 1 aliphatic rings. The van der Waals surface area contributed by atoms with Crippen molar-refractivity contribution in [1.29, 1.82) is 0 Å². The van der Waals surface area contributed by atoms with Crippen LogP contribution in [-0.4, -0.2) is 39.3 Å². The number of hydrogen-bond donors (Lipinski definition) is 1. The van der Waals surface area contributed by atoms with E-state index in [2.05, 4.69) is 6.92 Å². The Morgan fingerprint density at radius 3 is 2.38 bits per heavy atom. The standard InChI is InChI=1S/C28H27N3O3/c1-3-4-17-30-26(20-15-16-22(32)23(18-20)34-2)24-25(19-11-7-5-8-12-19)29-31(27(24)28(30)33)21-13-9-6-10-14-21/h5-16,18,26,32H,3-4,17H2,1-2H3. The van der Waals surface area contributed by atoms with E-state index in [4.69, 9.17) is 9.84 Å². The molecule has 1 N–H and O–H groups in total. The summed E-state index contributed by atoms with van der Waals surface area (Å²) in [5, 5.41) is 15.2. The van der Waals surface area contributed by atoms with E-state index in [1.165, 1.54) is 7.11 Å². The Hall–Kier alpha value is -4.06. The SMILES string of the molecule is CCCCN1C(=O)c2c(c(-c3ccccc3)nn2-c2ccccc2)C1c1ccc(O)c(OC)c1. The number of phenolic OH excluding ortho intramolecular Hbond substituents is 1. The van der Waals surface area contributed by atoms with Gasteiger partial charge >= 0.3 is 0 Å². The molecule has 1 aliphatic heterocycles. The first-order chi connectivity index (χ1) is 16.6. The highest BCUT2D eigenvalue weighted by molar-refractivity contribution is 6.01. The highest BCUT2D eigenvalue weighted by Gasteiger charge is 2.44. The lowest BCUT2D eigenvalue weighted by atomic mass is 9.95. The van der Waals surface area contributed by atoms with Crippen molar-refractivity contribution in [3.05, 3.63) is 95.7 Å². The first-order valence-electron chi connectivity index (χ1n) is 11.6. The van der Waals surface area contributed by atoms with E-state index in [9.17, 15) is 9.90 Å². The second-order valence-corrected chi connectivity index (χ2v) is 8.41. The molecule has 6 heteroatoms. The van der Waals surface area contributed by atoms with Gasteiger partial charge < -0.3 is 14.7 Å². The molecule has 0 fully saturated rings. The monoisotopic (exact) mass is 453 g/mol. The van der Waals surface area contributed by atoms with Gasteiger partial charge in [0.1, 0.15) is 5.69 Å². The Labute approximate surface area is 199 Å². The number of carbonyl (C=O) groups is 1. The van der Waals surface area contributed by atoms with E-state index < -0.39 is 0 Å². The summed E-state index contributed by atoms with van der Waals surface area (Å²) in [5.41, 5.74) is 4.91. The van der Waals surface area contributed by atoms with Crippen LogP contribution in [0.15, 0.2) is 78.9 Å². The van der Waals surface area contributed by atoms with Gasteiger partial charge in [0.2, 0.25) is 0 Å². The fourth-order valence-corrected chi connectivity index (χ4v) is 4.64. The number of unbranched alkanes of at least 4 members (excludes halogenated alkanes) is 1. The van der Waals surface area contributed by atoms with Crippen molar-refractivity contribution in [2.24, 2.45) is 0 Å². The minimum atomic E-state index is -0.337. The smallest absolute Gasteiger partial charge is 0.273 e. The number of rotatable bonds is 7. The molecule has 172 valence electrons. The summed E-state index contributed by atoms with van der Waals surface area (Å²) >= 11 is 0. The van der Waals surface area contributed by atoms with Crippen LogP contribution >= 0.6 is 0 Å². The minimum absolute atomic E-state index is 0.0426. The van der Waals surface area contributed by atoms with Gasteiger partial charge in [-0.2, -0.15) is 5.10 Å². The highest BCUT2D eigenvalue weighted by atomic mass is 16.5. The van der Waals surface area contributed by atoms with Crippen molar-refractivity contribution < 1.29 is 14.6 Å². The molecule has 0 saturated carbocycles. The first kappa shape index (κ1) is 21.8. The maximum Gasteiger partial charge on any atom is 0.273 e. The second kappa shape index (κ2) is 9.06. The van der Waals surface area contributed by atoms with E-state index >= 15 is 0 Å². The molecule has 5 rings (SSSR count). The number of hydrogen-bond acceptors (Lipinski definition) is 4. The summed E-state index contributed by atoms with van der Waals surface area (Å²) in [6.45, 7) is 2.74. The molecule has 4 aromatic rings. The van der Waals surface area contributed by atoms with Crippen LogP contribution in [0, 0.1) is 0 Å². The predicted octanol–water partition coefficient (Wildman–Crippen LogP) is 5.60. The molecule has 0 radical (unpaired) electrons. The number of para-hydroxylation sites is 1. The molecular formula is C28H27N3O3. The predicted molar refractivity (Wildman–Crippen MR) is 131 cm³/mol. The van der Waals surface area contributed by atoms with Crippen LogP contribution < -0.4 is 4.74 Å². The van der Waals surface area contributed by atoms with Gasteiger partial charge in [0.05, 0.1) is 24.5 Å². The number of methoxy groups -OCH3 is 1. The Balaban J connectivity index is 1.78. The Morgan fingerprint density at radius 2 is 1.71 bits per heavy atom. The van der Waals surface area contributed by atoms with Crippen molar-refractivity contribution in [1.82, 2.24) is 14.7 Å². The number of carbonyl (C=O) groups excluding carboxylic acids is 1. The van der Waals surface area contributed by atoms with Gasteiger partial charge in [-0.15, -0.1) is 0 Å². The second-order valence-electron chi connectivity index (χ2n) is 8.41. The molecule has 34 heavy (non-hydrogen) atoms. The molecule has 2 heterocycles. The Morgan fingerprint density at radius 1 is 1.00 bits per heavy atom. The molecule has 3 aromatic carbocycles. The van der Waals surface area contributed by atoms with E-state index in [-0.39, 0.29) is 17.7 Å². The molecule has 0 aliphatic carbocycles. The summed E-state index contributed by atoms with van der Waals surface area (Å²) in [4.78, 5) is 15.9. The van der Waals surface area contributed by atoms with E-state index in [0.717, 1.165) is 40.9 Å². The number of ether oxygens (including phenoxy) is 1. The number of fused-ring (bicyclic) bond motifs is 1. The number of phenols is 1. The third-order valence-corrected chi connectivity index (χ3v) is 6.29. The maximum atomic E-state index is 13.9. The average Bonchev–Trinajstić information content (AvgIpc) is 3.40. The largest absolute Gasteiger partial charge is 0.504 e. The van der Waals surface area contributed by atoms with Crippen LogP contribution in [0.2, 0.25) is 0 Å². The first-order valence-corrected chi connectivity index (χ1v) is 11.6. The number of benzene rings is 3. The fraction of sp³-hybridized carbons (Fsp3) is 0.214. The molecule has 6 nitrogen and oxygen atoms in total. The zero-order valence-corrected chi connectivity index (χ0v) is 19.3. The van der Waals surface area contributed by atoms with Crippen LogP contribution in [0.1, 0.15) is 47.4 Å². The van der Waals surface area contributed by atoms with Crippen LogP contribution in [-0.2, 0) is 0 Å². The summed E-state index contributed by atoms with van der Waals surface area (Å²) in [6.07, 6.45) is 1.86. The lowest BCUT2D eigenvalue weighted by Gasteiger charge is -2.27. The zero-order chi connectivity index (χ0) is 23.7. The van der Waals surface area contributed by atoms with Gasteiger partial charge in [0, 0.05) is 17.7 Å². The molecule has 1 atom stereocenters. The lowest BCUT2D eigenvalue weighted by Crippen LogP contribution is -2.31. The van der Waals surface area contributed by atoms with E-state index in [0.29, 0.717) is 18.0 Å². The van der Waals surface area contributed by atoms with Crippen LogP contribution in [0.5, 0.6) is 11.5 Å². The Bertz CT molecular complexity index is 1320. The number of aromatic hydroxyl groups is 1. The minimum Gasteiger partial charge on any atom is -0.504 e. The molecular weight excluding hydrogens is 426 g/mol. The van der Waals surface area contributed by atoms with Crippen LogP contribution in [0.4, 0.5) is 0 Å².